The van der Waals surface area contributed by atoms with E-state index in [2.05, 4.69) is 27.0 Å². The average molecular weight is 420 g/mol. The number of hydrogen-bond donors (Lipinski definition) is 3. The van der Waals surface area contributed by atoms with Gasteiger partial charge in [-0.1, -0.05) is 12.1 Å². The highest BCUT2D eigenvalue weighted by atomic mass is 35.5. The SMILES string of the molecule is Cl.N#Cc1ccc([C@@]2(CNC(=O)C3CNCCO3)CNC[C@@H]2F)c2cccnc12. The third kappa shape index (κ3) is 3.91. The zero-order chi connectivity index (χ0) is 19.6. The van der Waals surface area contributed by atoms with E-state index in [-0.39, 0.29) is 31.4 Å². The number of rotatable bonds is 4. The molecule has 2 aliphatic rings. The first kappa shape index (κ1) is 21.4. The number of benzene rings is 1. The molecule has 2 aromatic rings. The van der Waals surface area contributed by atoms with Gasteiger partial charge in [0.15, 0.2) is 0 Å². The predicted octanol–water partition coefficient (Wildman–Crippen LogP) is 0.812. The molecule has 3 atom stereocenters. The minimum Gasteiger partial charge on any atom is -0.366 e. The summed E-state index contributed by atoms with van der Waals surface area (Å²) in [7, 11) is 0. The Labute approximate surface area is 174 Å². The molecule has 0 bridgehead atoms. The van der Waals surface area contributed by atoms with E-state index >= 15 is 4.39 Å². The predicted molar refractivity (Wildman–Crippen MR) is 109 cm³/mol. The van der Waals surface area contributed by atoms with Crippen LogP contribution in [0.25, 0.3) is 10.9 Å². The number of halogens is 2. The maximum atomic E-state index is 15.2. The molecule has 1 amide bonds. The van der Waals surface area contributed by atoms with Crippen LogP contribution in [0.3, 0.4) is 0 Å². The molecular weight excluding hydrogens is 397 g/mol. The van der Waals surface area contributed by atoms with Crippen molar-refractivity contribution in [2.45, 2.75) is 17.7 Å². The quantitative estimate of drug-likeness (QED) is 0.678. The lowest BCUT2D eigenvalue weighted by Crippen LogP contribution is -2.53. The lowest BCUT2D eigenvalue weighted by molar-refractivity contribution is -0.134. The van der Waals surface area contributed by atoms with Gasteiger partial charge >= 0.3 is 0 Å². The van der Waals surface area contributed by atoms with E-state index in [1.807, 2.05) is 6.07 Å². The Kier molecular flexibility index (Phi) is 6.65. The van der Waals surface area contributed by atoms with Crippen LogP contribution in [-0.4, -0.2) is 62.5 Å². The van der Waals surface area contributed by atoms with Crippen molar-refractivity contribution in [1.82, 2.24) is 20.9 Å². The van der Waals surface area contributed by atoms with Crippen LogP contribution in [0.15, 0.2) is 30.5 Å². The number of ether oxygens (including phenoxy) is 1. The molecule has 3 N–H and O–H groups in total. The molecule has 29 heavy (non-hydrogen) atoms. The van der Waals surface area contributed by atoms with Gasteiger partial charge in [-0.15, -0.1) is 12.4 Å². The maximum Gasteiger partial charge on any atom is 0.250 e. The van der Waals surface area contributed by atoms with E-state index in [1.165, 1.54) is 0 Å². The third-order valence-corrected chi connectivity index (χ3v) is 5.59. The van der Waals surface area contributed by atoms with Gasteiger partial charge in [0.05, 0.1) is 23.1 Å². The van der Waals surface area contributed by atoms with E-state index in [9.17, 15) is 10.1 Å². The summed E-state index contributed by atoms with van der Waals surface area (Å²) in [5, 5.41) is 19.2. The van der Waals surface area contributed by atoms with Gasteiger partial charge in [0.2, 0.25) is 5.91 Å². The molecule has 7 nitrogen and oxygen atoms in total. The maximum absolute atomic E-state index is 15.2. The highest BCUT2D eigenvalue weighted by molar-refractivity contribution is 5.88. The van der Waals surface area contributed by atoms with Crippen LogP contribution < -0.4 is 16.0 Å². The molecule has 2 saturated heterocycles. The normalized spacial score (nSPS) is 26.5. The van der Waals surface area contributed by atoms with Crippen molar-refractivity contribution in [2.24, 2.45) is 0 Å². The van der Waals surface area contributed by atoms with Crippen LogP contribution in [0.4, 0.5) is 4.39 Å². The molecule has 0 saturated carbocycles. The zero-order valence-electron chi connectivity index (χ0n) is 15.8. The Morgan fingerprint density at radius 2 is 2.24 bits per heavy atom. The molecule has 0 spiro atoms. The van der Waals surface area contributed by atoms with Crippen molar-refractivity contribution in [3.8, 4) is 6.07 Å². The van der Waals surface area contributed by atoms with Crippen LogP contribution >= 0.6 is 12.4 Å². The van der Waals surface area contributed by atoms with E-state index in [0.29, 0.717) is 37.3 Å². The van der Waals surface area contributed by atoms with Gasteiger partial charge in [-0.2, -0.15) is 5.26 Å². The molecule has 3 heterocycles. The number of carbonyl (C=O) groups excluding carboxylic acids is 1. The average Bonchev–Trinajstić information content (AvgIpc) is 3.13. The minimum absolute atomic E-state index is 0. The second-order valence-electron chi connectivity index (χ2n) is 7.21. The van der Waals surface area contributed by atoms with Crippen LogP contribution in [0, 0.1) is 11.3 Å². The van der Waals surface area contributed by atoms with Crippen molar-refractivity contribution in [2.75, 3.05) is 39.3 Å². The van der Waals surface area contributed by atoms with Crippen LogP contribution in [0.5, 0.6) is 0 Å². The summed E-state index contributed by atoms with van der Waals surface area (Å²) >= 11 is 0. The molecule has 1 aromatic carbocycles. The summed E-state index contributed by atoms with van der Waals surface area (Å²) in [4.78, 5) is 16.9. The molecule has 154 valence electrons. The van der Waals surface area contributed by atoms with Gasteiger partial charge in [-0.25, -0.2) is 4.39 Å². The Bertz CT molecular complexity index is 931. The summed E-state index contributed by atoms with van der Waals surface area (Å²) in [6.45, 7) is 2.36. The molecule has 2 aliphatic heterocycles. The van der Waals surface area contributed by atoms with Crippen molar-refractivity contribution in [3.05, 3.63) is 41.6 Å². The van der Waals surface area contributed by atoms with E-state index in [4.69, 9.17) is 4.74 Å². The smallest absolute Gasteiger partial charge is 0.250 e. The number of alkyl halides is 1. The topological polar surface area (TPSA) is 99.1 Å². The van der Waals surface area contributed by atoms with Gasteiger partial charge in [0.25, 0.3) is 0 Å². The summed E-state index contributed by atoms with van der Waals surface area (Å²) in [5.41, 5.74) is 0.802. The number of nitrogens with one attached hydrogen (secondary N) is 3. The van der Waals surface area contributed by atoms with Crippen LogP contribution in [-0.2, 0) is 14.9 Å². The number of carbonyl (C=O) groups is 1. The lowest BCUT2D eigenvalue weighted by atomic mass is 9.76. The Morgan fingerprint density at radius 3 is 2.93 bits per heavy atom. The second-order valence-corrected chi connectivity index (χ2v) is 7.21. The molecule has 1 aromatic heterocycles. The van der Waals surface area contributed by atoms with Crippen LogP contribution in [0.2, 0.25) is 0 Å². The molecule has 0 radical (unpaired) electrons. The number of amides is 1. The summed E-state index contributed by atoms with van der Waals surface area (Å²) in [6.07, 6.45) is -0.138. The van der Waals surface area contributed by atoms with Gasteiger partial charge in [-0.05, 0) is 17.7 Å². The monoisotopic (exact) mass is 419 g/mol. The van der Waals surface area contributed by atoms with E-state index in [0.717, 1.165) is 10.9 Å². The van der Waals surface area contributed by atoms with Gasteiger partial charge in [-0.3, -0.25) is 9.78 Å². The van der Waals surface area contributed by atoms with E-state index < -0.39 is 17.7 Å². The van der Waals surface area contributed by atoms with Crippen molar-refractivity contribution in [3.63, 3.8) is 0 Å². The first-order chi connectivity index (χ1) is 13.7. The van der Waals surface area contributed by atoms with Gasteiger partial charge < -0.3 is 20.7 Å². The fourth-order valence-corrected chi connectivity index (χ4v) is 4.05. The lowest BCUT2D eigenvalue weighted by Gasteiger charge is -2.33. The van der Waals surface area contributed by atoms with Crippen molar-refractivity contribution >= 4 is 29.2 Å². The summed E-state index contributed by atoms with van der Waals surface area (Å²) < 4.78 is 20.7. The fraction of sp³-hybridized carbons (Fsp3) is 0.450. The minimum atomic E-state index is -1.19. The number of morpholine rings is 1. The Morgan fingerprint density at radius 1 is 1.38 bits per heavy atom. The van der Waals surface area contributed by atoms with Gasteiger partial charge in [0.1, 0.15) is 18.3 Å². The number of nitrogens with zero attached hydrogens (tertiary/aromatic N) is 2. The molecule has 2 fully saturated rings. The number of hydrogen-bond acceptors (Lipinski definition) is 6. The first-order valence-electron chi connectivity index (χ1n) is 9.39. The van der Waals surface area contributed by atoms with Crippen molar-refractivity contribution < 1.29 is 13.9 Å². The second kappa shape index (κ2) is 9.01. The third-order valence-electron chi connectivity index (χ3n) is 5.59. The number of pyridine rings is 1. The highest BCUT2D eigenvalue weighted by Gasteiger charge is 2.46. The molecular formula is C20H23ClFN5O2. The van der Waals surface area contributed by atoms with Gasteiger partial charge in [0, 0.05) is 44.3 Å². The van der Waals surface area contributed by atoms with Crippen LogP contribution in [0.1, 0.15) is 11.1 Å². The molecule has 1 unspecified atom stereocenters. The molecule has 0 aliphatic carbocycles. The fourth-order valence-electron chi connectivity index (χ4n) is 4.05. The molecule has 4 rings (SSSR count). The first-order valence-corrected chi connectivity index (χ1v) is 9.39. The number of fused-ring (bicyclic) bond motifs is 1. The Hall–Kier alpha value is -2.31. The number of nitriles is 1. The number of aromatic nitrogens is 1. The summed E-state index contributed by atoms with van der Waals surface area (Å²) in [6, 6.07) is 9.22. The zero-order valence-corrected chi connectivity index (χ0v) is 16.6. The summed E-state index contributed by atoms with van der Waals surface area (Å²) in [5.74, 6) is -0.248. The Balaban J connectivity index is 0.00000240. The van der Waals surface area contributed by atoms with E-state index in [1.54, 1.807) is 24.4 Å². The highest BCUT2D eigenvalue weighted by Crippen LogP contribution is 2.37. The molecule has 9 heteroatoms. The largest absolute Gasteiger partial charge is 0.366 e. The van der Waals surface area contributed by atoms with Crippen molar-refractivity contribution in [1.29, 1.82) is 5.26 Å². The standard InChI is InChI=1S/C20H22FN5O2.ClH/c21-17-10-24-11-20(17,12-26-19(27)16-9-23-6-7-28-16)15-4-3-13(8-22)18-14(15)2-1-5-25-18;/h1-5,16-17,23-24H,6-7,9-12H2,(H,26,27);1H/t16?,17-,20-;/m0./s1.